The number of nitrogens with one attached hydrogen (secondary N) is 1. The molecule has 1 aromatic heterocycles. The van der Waals surface area contributed by atoms with Gasteiger partial charge < -0.3 is 10.2 Å². The fraction of sp³-hybridized carbons (Fsp3) is 0.0714. The summed E-state index contributed by atoms with van der Waals surface area (Å²) in [5.41, 5.74) is 7.33. The van der Waals surface area contributed by atoms with E-state index >= 15 is 0 Å². The van der Waals surface area contributed by atoms with Crippen molar-refractivity contribution in [1.29, 1.82) is 0 Å². The van der Waals surface area contributed by atoms with E-state index in [1.165, 1.54) is 19.4 Å². The summed E-state index contributed by atoms with van der Waals surface area (Å²) >= 11 is 4.60. The van der Waals surface area contributed by atoms with Gasteiger partial charge in [-0.05, 0) is 24.4 Å². The molecule has 8 nitrogen and oxygen atoms in total. The molecule has 0 saturated heterocycles. The fourth-order valence-corrected chi connectivity index (χ4v) is 3.79. The lowest BCUT2D eigenvalue weighted by Gasteiger charge is -2.27. The Morgan fingerprint density at radius 1 is 1.42 bits per heavy atom. The van der Waals surface area contributed by atoms with Crippen LogP contribution in [-0.4, -0.2) is 26.8 Å². The number of benzene rings is 1. The van der Waals surface area contributed by atoms with Crippen LogP contribution in [0.5, 0.6) is 0 Å². The van der Waals surface area contributed by atoms with Gasteiger partial charge in [0.25, 0.3) is 10.0 Å². The van der Waals surface area contributed by atoms with Crippen molar-refractivity contribution in [3.8, 4) is 11.3 Å². The first kappa shape index (κ1) is 16.1. The number of hydrogen-bond acceptors (Lipinski definition) is 6. The topological polar surface area (TPSA) is 118 Å². The summed E-state index contributed by atoms with van der Waals surface area (Å²) in [6, 6.07) is 6.33. The molecule has 24 heavy (non-hydrogen) atoms. The van der Waals surface area contributed by atoms with Gasteiger partial charge in [-0.2, -0.15) is 5.10 Å². The zero-order valence-electron chi connectivity index (χ0n) is 12.4. The molecule has 0 saturated carbocycles. The minimum Gasteiger partial charge on any atom is -0.461 e. The molecule has 124 valence electrons. The molecule has 0 spiro atoms. The predicted molar refractivity (Wildman–Crippen MR) is 93.5 cm³/mol. The summed E-state index contributed by atoms with van der Waals surface area (Å²) in [4.78, 5) is 12.7. The van der Waals surface area contributed by atoms with E-state index in [2.05, 4.69) is 22.7 Å². The quantitative estimate of drug-likeness (QED) is 0.455. The van der Waals surface area contributed by atoms with Gasteiger partial charge in [0.05, 0.1) is 16.7 Å². The number of fused-ring (bicyclic) bond motifs is 3. The van der Waals surface area contributed by atoms with Crippen LogP contribution in [0, 0.1) is 0 Å². The van der Waals surface area contributed by atoms with Gasteiger partial charge in [-0.15, -0.1) is 0 Å². The summed E-state index contributed by atoms with van der Waals surface area (Å²) in [5, 5.41) is 3.62. The first-order valence-electron chi connectivity index (χ1n) is 6.66. The molecule has 3 N–H and O–H groups in total. The summed E-state index contributed by atoms with van der Waals surface area (Å²) in [6.45, 7) is 0. The van der Waals surface area contributed by atoms with Crippen molar-refractivity contribution < 1.29 is 12.8 Å². The van der Waals surface area contributed by atoms with Gasteiger partial charge >= 0.3 is 0 Å². The maximum Gasteiger partial charge on any atom is 0.265 e. The van der Waals surface area contributed by atoms with Crippen molar-refractivity contribution in [3.63, 3.8) is 0 Å². The lowest BCUT2D eigenvalue weighted by atomic mass is 10.1. The van der Waals surface area contributed by atoms with Crippen LogP contribution in [0.25, 0.3) is 11.3 Å². The van der Waals surface area contributed by atoms with Crippen LogP contribution in [-0.2, 0) is 10.0 Å². The molecular weight excluding hydrogens is 352 g/mol. The minimum absolute atomic E-state index is 0.0546. The summed E-state index contributed by atoms with van der Waals surface area (Å²) in [6.07, 6.45) is 2.36. The molecule has 0 bridgehead atoms. The average molecular weight is 364 g/mol. The second-order valence-electron chi connectivity index (χ2n) is 4.90. The molecule has 0 aliphatic carbocycles. The van der Waals surface area contributed by atoms with Crippen molar-refractivity contribution in [2.24, 2.45) is 10.8 Å². The van der Waals surface area contributed by atoms with Crippen LogP contribution in [0.2, 0.25) is 0 Å². The summed E-state index contributed by atoms with van der Waals surface area (Å²) in [7, 11) is -2.53. The Hall–Kier alpha value is -2.72. The molecule has 0 radical (unpaired) electrons. The second kappa shape index (κ2) is 5.73. The first-order chi connectivity index (χ1) is 11.3. The smallest absolute Gasteiger partial charge is 0.265 e. The normalized spacial score (nSPS) is 15.0. The zero-order chi connectivity index (χ0) is 17.5. The molecule has 2 heterocycles. The molecule has 0 unspecified atom stereocenters. The highest BCUT2D eigenvalue weighted by atomic mass is 32.2. The Morgan fingerprint density at radius 3 is 2.83 bits per heavy atom. The van der Waals surface area contributed by atoms with Crippen LogP contribution < -0.4 is 20.9 Å². The number of rotatable bonds is 2. The third-order valence-electron chi connectivity index (χ3n) is 3.46. The number of sulfonamides is 1. The molecule has 1 aliphatic rings. The second-order valence-corrected chi connectivity index (χ2v) is 7.28. The van der Waals surface area contributed by atoms with Gasteiger partial charge in [0.15, 0.2) is 10.9 Å². The third-order valence-corrected chi connectivity index (χ3v) is 5.37. The SMILES string of the molecule is CN1c2c(occ(C=NNC(N)=S)c2=O)-c2ccccc2S1(=O)=O. The van der Waals surface area contributed by atoms with E-state index in [1.807, 2.05) is 0 Å². The Bertz CT molecular complexity index is 1030. The monoisotopic (exact) mass is 364 g/mol. The third kappa shape index (κ3) is 2.45. The molecule has 0 amide bonds. The predicted octanol–water partition coefficient (Wildman–Crippen LogP) is 0.612. The molecule has 1 aliphatic heterocycles. The van der Waals surface area contributed by atoms with E-state index < -0.39 is 15.5 Å². The number of hydrazone groups is 1. The Balaban J connectivity index is 2.23. The maximum atomic E-state index is 12.6. The highest BCUT2D eigenvalue weighted by molar-refractivity contribution is 7.93. The van der Waals surface area contributed by atoms with Crippen molar-refractivity contribution in [1.82, 2.24) is 5.43 Å². The van der Waals surface area contributed by atoms with Crippen molar-refractivity contribution in [3.05, 3.63) is 46.3 Å². The number of nitrogens with zero attached hydrogens (tertiary/aromatic N) is 2. The molecular formula is C14H12N4O4S2. The van der Waals surface area contributed by atoms with Gasteiger partial charge in [-0.25, -0.2) is 8.42 Å². The van der Waals surface area contributed by atoms with Gasteiger partial charge in [0.1, 0.15) is 12.0 Å². The van der Waals surface area contributed by atoms with E-state index in [0.29, 0.717) is 5.56 Å². The van der Waals surface area contributed by atoms with Crippen LogP contribution >= 0.6 is 12.2 Å². The molecule has 10 heteroatoms. The highest BCUT2D eigenvalue weighted by Gasteiger charge is 2.36. The molecule has 0 atom stereocenters. The van der Waals surface area contributed by atoms with E-state index in [9.17, 15) is 13.2 Å². The summed E-state index contributed by atoms with van der Waals surface area (Å²) < 4.78 is 31.6. The fourth-order valence-electron chi connectivity index (χ4n) is 2.35. The van der Waals surface area contributed by atoms with Crippen molar-refractivity contribution in [2.75, 3.05) is 11.4 Å². The molecule has 1 aromatic carbocycles. The van der Waals surface area contributed by atoms with Crippen LogP contribution in [0.3, 0.4) is 0 Å². The van der Waals surface area contributed by atoms with E-state index in [4.69, 9.17) is 10.2 Å². The Morgan fingerprint density at radius 2 is 2.12 bits per heavy atom. The van der Waals surface area contributed by atoms with Crippen molar-refractivity contribution in [2.45, 2.75) is 4.90 Å². The number of anilines is 1. The van der Waals surface area contributed by atoms with E-state index in [0.717, 1.165) is 10.5 Å². The van der Waals surface area contributed by atoms with Gasteiger partial charge in [0.2, 0.25) is 5.43 Å². The largest absolute Gasteiger partial charge is 0.461 e. The standard InChI is InChI=1S/C14H12N4O4S2/c1-18-11-12(19)8(6-16-17-14(15)23)7-22-13(11)9-4-2-3-5-10(9)24(18,20)21/h2-7H,1H3,(H3,15,17,23). The Kier molecular flexibility index (Phi) is 3.85. The summed E-state index contributed by atoms with van der Waals surface area (Å²) in [5.74, 6) is 0.187. The Labute approximate surface area is 142 Å². The average Bonchev–Trinajstić information content (AvgIpc) is 2.54. The first-order valence-corrected chi connectivity index (χ1v) is 8.51. The zero-order valence-corrected chi connectivity index (χ0v) is 14.0. The lowest BCUT2D eigenvalue weighted by molar-refractivity contribution is 0.554. The lowest BCUT2D eigenvalue weighted by Crippen LogP contribution is -2.35. The number of nitrogens with two attached hydrogens (primary N) is 1. The number of hydrogen-bond donors (Lipinski definition) is 2. The van der Waals surface area contributed by atoms with Gasteiger partial charge in [-0.3, -0.25) is 14.5 Å². The van der Waals surface area contributed by atoms with Crippen LogP contribution in [0.15, 0.2) is 49.7 Å². The van der Waals surface area contributed by atoms with Gasteiger partial charge in [-0.1, -0.05) is 12.1 Å². The van der Waals surface area contributed by atoms with Crippen molar-refractivity contribution >= 4 is 39.3 Å². The highest BCUT2D eigenvalue weighted by Crippen LogP contribution is 2.40. The minimum atomic E-state index is -3.83. The van der Waals surface area contributed by atoms with Crippen LogP contribution in [0.4, 0.5) is 5.69 Å². The molecule has 0 fully saturated rings. The maximum absolute atomic E-state index is 12.6. The molecule has 2 aromatic rings. The number of thiocarbonyl (C=S) groups is 1. The molecule has 3 rings (SSSR count). The van der Waals surface area contributed by atoms with E-state index in [1.54, 1.807) is 18.2 Å². The van der Waals surface area contributed by atoms with Gasteiger partial charge in [0, 0.05) is 12.6 Å². The van der Waals surface area contributed by atoms with E-state index in [-0.39, 0.29) is 27.0 Å². The van der Waals surface area contributed by atoms with Crippen LogP contribution in [0.1, 0.15) is 5.56 Å².